The molecule has 1 amide bonds. The van der Waals surface area contributed by atoms with Crippen molar-refractivity contribution in [1.82, 2.24) is 19.8 Å². The van der Waals surface area contributed by atoms with Crippen molar-refractivity contribution in [2.75, 3.05) is 37.7 Å². The third-order valence-corrected chi connectivity index (χ3v) is 11.4. The number of fused-ring (bicyclic) bond motifs is 5. The van der Waals surface area contributed by atoms with E-state index in [9.17, 15) is 14.3 Å². The minimum atomic E-state index is -0.464. The summed E-state index contributed by atoms with van der Waals surface area (Å²) in [6.45, 7) is 10.1. The summed E-state index contributed by atoms with van der Waals surface area (Å²) in [7, 11) is 0. The van der Waals surface area contributed by atoms with Crippen LogP contribution in [0.2, 0.25) is 0 Å². The van der Waals surface area contributed by atoms with Crippen LogP contribution in [-0.4, -0.2) is 81.2 Å². The average molecular weight is 634 g/mol. The van der Waals surface area contributed by atoms with Gasteiger partial charge in [-0.1, -0.05) is 25.5 Å². The molecule has 1 aromatic heterocycles. The lowest BCUT2D eigenvalue weighted by atomic mass is 9.87. The topological polar surface area (TPSA) is 82.0 Å². The number of carbonyl (C=O) groups is 1. The number of hydrogen-bond donors (Lipinski definition) is 1. The van der Waals surface area contributed by atoms with Crippen LogP contribution in [0.3, 0.4) is 0 Å². The minimum absolute atomic E-state index is 0.0108. The summed E-state index contributed by atoms with van der Waals surface area (Å²) in [5.74, 6) is 3.38. The minimum Gasteiger partial charge on any atom is -0.508 e. The van der Waals surface area contributed by atoms with E-state index >= 15 is 0 Å². The fourth-order valence-electron chi connectivity index (χ4n) is 9.19. The Labute approximate surface area is 274 Å². The molecule has 8 rings (SSSR count). The number of phenols is 1. The maximum absolute atomic E-state index is 14.9. The van der Waals surface area contributed by atoms with Gasteiger partial charge in [-0.05, 0) is 111 Å². The van der Waals surface area contributed by atoms with Crippen LogP contribution in [0.15, 0.2) is 36.9 Å². The van der Waals surface area contributed by atoms with Crippen LogP contribution >= 0.6 is 0 Å². The zero-order valence-electron chi connectivity index (χ0n) is 26.8. The molecule has 3 atom stereocenters. The first-order valence-electron chi connectivity index (χ1n) is 16.9. The number of halogens is 1. The van der Waals surface area contributed by atoms with E-state index in [0.29, 0.717) is 60.8 Å². The van der Waals surface area contributed by atoms with Crippen molar-refractivity contribution in [3.8, 4) is 24.1 Å². The number of benzene rings is 2. The molecule has 47 heavy (non-hydrogen) atoms. The van der Waals surface area contributed by atoms with E-state index in [4.69, 9.17) is 21.1 Å². The predicted octanol–water partition coefficient (Wildman–Crippen LogP) is 5.56. The van der Waals surface area contributed by atoms with Gasteiger partial charge in [-0.3, -0.25) is 9.69 Å². The number of piperazine rings is 1. The Bertz CT molecular complexity index is 1870. The molecule has 0 spiro atoms. The molecule has 0 radical (unpaired) electrons. The van der Waals surface area contributed by atoms with Gasteiger partial charge in [0.05, 0.1) is 28.9 Å². The Kier molecular flexibility index (Phi) is 7.25. The zero-order valence-corrected chi connectivity index (χ0v) is 26.8. The molecule has 9 heteroatoms. The van der Waals surface area contributed by atoms with Crippen molar-refractivity contribution in [2.45, 2.75) is 69.5 Å². The number of terminal acetylenes is 1. The average Bonchev–Trinajstić information content (AvgIpc) is 3.71. The summed E-state index contributed by atoms with van der Waals surface area (Å²) in [5, 5.41) is 12.0. The number of amides is 1. The third kappa shape index (κ3) is 4.88. The van der Waals surface area contributed by atoms with E-state index in [1.807, 2.05) is 11.0 Å². The highest BCUT2D eigenvalue weighted by Crippen LogP contribution is 2.43. The second-order valence-electron chi connectivity index (χ2n) is 14.0. The Morgan fingerprint density at radius 2 is 2.02 bits per heavy atom. The smallest absolute Gasteiger partial charge is 0.318 e. The summed E-state index contributed by atoms with van der Waals surface area (Å²) >= 11 is 0. The lowest BCUT2D eigenvalue weighted by Crippen LogP contribution is -2.56. The number of nitrogens with zero attached hydrogens (tertiary/aromatic N) is 5. The highest BCUT2D eigenvalue weighted by Gasteiger charge is 2.47. The Hall–Kier alpha value is -4.42. The molecule has 8 nitrogen and oxygen atoms in total. The molecule has 1 aliphatic carbocycles. The van der Waals surface area contributed by atoms with Crippen LogP contribution in [0.4, 0.5) is 10.2 Å². The lowest BCUT2D eigenvalue weighted by Gasteiger charge is -2.42. The fraction of sp³-hybridized carbons (Fsp3) is 0.447. The van der Waals surface area contributed by atoms with Crippen LogP contribution in [0.5, 0.6) is 11.8 Å². The zero-order chi connectivity index (χ0) is 32.4. The van der Waals surface area contributed by atoms with Gasteiger partial charge in [0, 0.05) is 24.0 Å². The van der Waals surface area contributed by atoms with Crippen molar-refractivity contribution >= 4 is 34.1 Å². The number of aromatic hydroxyl groups is 1. The number of anilines is 1. The number of ether oxygens (including phenoxy) is 1. The van der Waals surface area contributed by atoms with Crippen LogP contribution in [0.25, 0.3) is 22.4 Å². The van der Waals surface area contributed by atoms with Crippen molar-refractivity contribution in [2.24, 2.45) is 5.92 Å². The number of aromatic nitrogens is 2. The van der Waals surface area contributed by atoms with Gasteiger partial charge in [0.1, 0.15) is 24.0 Å². The monoisotopic (exact) mass is 633 g/mol. The molecule has 4 saturated heterocycles. The Morgan fingerprint density at radius 3 is 2.77 bits per heavy atom. The van der Waals surface area contributed by atoms with Gasteiger partial charge in [0.25, 0.3) is 0 Å². The Morgan fingerprint density at radius 1 is 1.21 bits per heavy atom. The van der Waals surface area contributed by atoms with Gasteiger partial charge in [0.15, 0.2) is 0 Å². The van der Waals surface area contributed by atoms with Gasteiger partial charge < -0.3 is 19.6 Å². The first kappa shape index (κ1) is 29.9. The maximum Gasteiger partial charge on any atom is 0.318 e. The SMILES string of the molecule is C#Cc1c(F)ccc2cc(O)cc(C3=Cc4nc(OCC56CCCN5CCC6)nc(N5C[C@@H]6C[C@H](C)[C@H](C5)N6C(=O)C=C)c4CC3)c12. The standard InChI is InChI=1S/C38H40FN5O3/c1-4-28-31(39)11-9-25-17-27(45)19-30(35(25)28)24-8-10-29-32(18-24)40-37(47-22-38-12-6-14-43(38)15-7-13-38)41-36(29)42-20-26-16-23(3)33(21-42)44(26)34(46)5-2/h1,5,9,11,17-19,23,26,33,45H,2,6-8,10,12-16,20-22H2,3H3/t23-,26-,33-/m0/s1. The second-order valence-corrected chi connectivity index (χ2v) is 14.0. The molecule has 1 N–H and O–H groups in total. The van der Waals surface area contributed by atoms with E-state index in [2.05, 4.69) is 29.2 Å². The van der Waals surface area contributed by atoms with E-state index in [0.717, 1.165) is 55.0 Å². The van der Waals surface area contributed by atoms with Crippen LogP contribution in [0, 0.1) is 24.1 Å². The summed E-state index contributed by atoms with van der Waals surface area (Å²) in [6.07, 6.45) is 16.1. The number of phenolic OH excluding ortho intramolecular Hbond substituents is 1. The quantitative estimate of drug-likeness (QED) is 0.281. The molecule has 3 aromatic rings. The number of hydrogen-bond acceptors (Lipinski definition) is 7. The highest BCUT2D eigenvalue weighted by molar-refractivity contribution is 6.02. The van der Waals surface area contributed by atoms with Gasteiger partial charge >= 0.3 is 6.01 Å². The first-order chi connectivity index (χ1) is 22.8. The molecule has 2 bridgehead atoms. The van der Waals surface area contributed by atoms with E-state index in [1.165, 1.54) is 25.0 Å². The molecule has 4 fully saturated rings. The molecular formula is C38H40FN5O3. The summed E-state index contributed by atoms with van der Waals surface area (Å²) in [4.78, 5) is 29.8. The van der Waals surface area contributed by atoms with Crippen molar-refractivity contribution < 1.29 is 19.0 Å². The van der Waals surface area contributed by atoms with E-state index < -0.39 is 5.82 Å². The van der Waals surface area contributed by atoms with Crippen LogP contribution in [-0.2, 0) is 11.2 Å². The number of allylic oxidation sites excluding steroid dienone is 1. The molecule has 5 heterocycles. The van der Waals surface area contributed by atoms with Gasteiger partial charge in [-0.2, -0.15) is 9.97 Å². The van der Waals surface area contributed by atoms with Crippen molar-refractivity contribution in [1.29, 1.82) is 0 Å². The molecule has 5 aliphatic rings. The Balaban J connectivity index is 1.22. The molecule has 0 unspecified atom stereocenters. The maximum atomic E-state index is 14.9. The normalized spacial score (nSPS) is 24.5. The highest BCUT2D eigenvalue weighted by atomic mass is 19.1. The molecule has 4 aliphatic heterocycles. The van der Waals surface area contributed by atoms with Gasteiger partial charge in [-0.25, -0.2) is 4.39 Å². The van der Waals surface area contributed by atoms with E-state index in [1.54, 1.807) is 18.2 Å². The van der Waals surface area contributed by atoms with Gasteiger partial charge in [0.2, 0.25) is 5.91 Å². The predicted molar refractivity (Wildman–Crippen MR) is 181 cm³/mol. The van der Waals surface area contributed by atoms with Gasteiger partial charge in [-0.15, -0.1) is 6.42 Å². The van der Waals surface area contributed by atoms with Crippen LogP contribution < -0.4 is 9.64 Å². The third-order valence-electron chi connectivity index (χ3n) is 11.4. The van der Waals surface area contributed by atoms with Crippen molar-refractivity contribution in [3.05, 3.63) is 65.1 Å². The summed E-state index contributed by atoms with van der Waals surface area (Å²) < 4.78 is 21.4. The molecule has 0 saturated carbocycles. The molecule has 242 valence electrons. The molecular weight excluding hydrogens is 593 g/mol. The molecule has 2 aromatic carbocycles. The number of carbonyl (C=O) groups excluding carboxylic acids is 1. The van der Waals surface area contributed by atoms with Crippen LogP contribution in [0.1, 0.15) is 67.8 Å². The van der Waals surface area contributed by atoms with E-state index in [-0.39, 0.29) is 34.8 Å². The summed E-state index contributed by atoms with van der Waals surface area (Å²) in [5.41, 5.74) is 3.65. The first-order valence-corrected chi connectivity index (χ1v) is 16.9. The summed E-state index contributed by atoms with van der Waals surface area (Å²) in [6, 6.07) is 6.79. The lowest BCUT2D eigenvalue weighted by molar-refractivity contribution is -0.129. The van der Waals surface area contributed by atoms with Crippen molar-refractivity contribution in [3.63, 3.8) is 0 Å². The fourth-order valence-corrected chi connectivity index (χ4v) is 9.19. The number of rotatable bonds is 6. The largest absolute Gasteiger partial charge is 0.508 e. The second kappa shape index (κ2) is 11.4.